The Bertz CT molecular complexity index is 780. The zero-order valence-electron chi connectivity index (χ0n) is 14.5. The van der Waals surface area contributed by atoms with Crippen LogP contribution in [0.5, 0.6) is 0 Å². The number of methoxy groups -OCH3 is 1. The first-order valence-corrected chi connectivity index (χ1v) is 8.82. The van der Waals surface area contributed by atoms with Crippen LogP contribution in [-0.4, -0.2) is 24.8 Å². The minimum Gasteiger partial charge on any atom is -0.465 e. The maximum atomic E-state index is 12.1. The second kappa shape index (κ2) is 8.58. The van der Waals surface area contributed by atoms with E-state index in [9.17, 15) is 14.4 Å². The largest absolute Gasteiger partial charge is 0.465 e. The number of carbonyl (C=O) groups is 3. The minimum absolute atomic E-state index is 0.0199. The highest BCUT2D eigenvalue weighted by Crippen LogP contribution is 2.33. The quantitative estimate of drug-likeness (QED) is 0.595. The Kier molecular flexibility index (Phi) is 6.47. The highest BCUT2D eigenvalue weighted by molar-refractivity contribution is 7.16. The molecule has 0 saturated heterocycles. The van der Waals surface area contributed by atoms with Crippen molar-refractivity contribution in [1.82, 2.24) is 0 Å². The fraction of sp³-hybridized carbons (Fsp3) is 0.316. The van der Waals surface area contributed by atoms with E-state index >= 15 is 0 Å². The van der Waals surface area contributed by atoms with Gasteiger partial charge >= 0.3 is 5.97 Å². The number of esters is 1. The first kappa shape index (κ1) is 18.9. The topological polar surface area (TPSA) is 72.5 Å². The van der Waals surface area contributed by atoms with Gasteiger partial charge in [0.15, 0.2) is 5.78 Å². The van der Waals surface area contributed by atoms with Crippen LogP contribution in [0.15, 0.2) is 30.3 Å². The summed E-state index contributed by atoms with van der Waals surface area (Å²) in [5.41, 5.74) is 1.87. The van der Waals surface area contributed by atoms with E-state index < -0.39 is 5.97 Å². The molecule has 5 nitrogen and oxygen atoms in total. The summed E-state index contributed by atoms with van der Waals surface area (Å²) in [6.45, 7) is 3.72. The lowest BCUT2D eigenvalue weighted by atomic mass is 10.1. The number of hydrogen-bond acceptors (Lipinski definition) is 5. The van der Waals surface area contributed by atoms with Gasteiger partial charge in [-0.2, -0.15) is 0 Å². The first-order valence-electron chi connectivity index (χ1n) is 8.00. The summed E-state index contributed by atoms with van der Waals surface area (Å²) in [7, 11) is 1.32. The van der Waals surface area contributed by atoms with E-state index in [0.29, 0.717) is 29.0 Å². The zero-order chi connectivity index (χ0) is 18.4. The Hall–Kier alpha value is -2.47. The predicted molar refractivity (Wildman–Crippen MR) is 98.4 cm³/mol. The van der Waals surface area contributed by atoms with Gasteiger partial charge in [-0.3, -0.25) is 9.59 Å². The average molecular weight is 359 g/mol. The molecule has 2 aromatic rings. The molecule has 1 heterocycles. The summed E-state index contributed by atoms with van der Waals surface area (Å²) in [5.74, 6) is -0.657. The highest BCUT2D eigenvalue weighted by Gasteiger charge is 2.21. The molecule has 1 N–H and O–H groups in total. The van der Waals surface area contributed by atoms with E-state index in [0.717, 1.165) is 10.4 Å². The van der Waals surface area contributed by atoms with Crippen molar-refractivity contribution in [2.24, 2.45) is 0 Å². The van der Waals surface area contributed by atoms with E-state index in [-0.39, 0.29) is 18.1 Å². The van der Waals surface area contributed by atoms with E-state index in [1.165, 1.54) is 18.4 Å². The maximum absolute atomic E-state index is 12.1. The third kappa shape index (κ3) is 4.76. The van der Waals surface area contributed by atoms with E-state index in [2.05, 4.69) is 5.32 Å². The van der Waals surface area contributed by atoms with E-state index in [1.807, 2.05) is 32.0 Å². The summed E-state index contributed by atoms with van der Waals surface area (Å²) in [5, 5.41) is 3.27. The van der Waals surface area contributed by atoms with Crippen molar-refractivity contribution in [3.05, 3.63) is 51.9 Å². The molecular weight excluding hydrogens is 338 g/mol. The summed E-state index contributed by atoms with van der Waals surface area (Å²) in [4.78, 5) is 37.0. The van der Waals surface area contributed by atoms with Crippen molar-refractivity contribution in [2.75, 3.05) is 12.4 Å². The van der Waals surface area contributed by atoms with Gasteiger partial charge in [-0.25, -0.2) is 4.79 Å². The van der Waals surface area contributed by atoms with Crippen LogP contribution in [0, 0.1) is 13.8 Å². The van der Waals surface area contributed by atoms with Crippen LogP contribution in [0.3, 0.4) is 0 Å². The SMILES string of the molecule is COC(=O)c1c(NC(=O)CCCC(=O)c2ccccc2)sc(C)c1C. The van der Waals surface area contributed by atoms with Crippen LogP contribution >= 0.6 is 11.3 Å². The molecule has 0 aliphatic heterocycles. The van der Waals surface area contributed by atoms with Crippen molar-refractivity contribution >= 4 is 34.0 Å². The Balaban J connectivity index is 1.92. The summed E-state index contributed by atoms with van der Waals surface area (Å²) in [6.07, 6.45) is 0.982. The highest BCUT2D eigenvalue weighted by atomic mass is 32.1. The molecule has 1 aromatic heterocycles. The van der Waals surface area contributed by atoms with Gasteiger partial charge in [0.05, 0.1) is 12.7 Å². The Morgan fingerprint density at radius 2 is 1.76 bits per heavy atom. The Labute approximate surface area is 151 Å². The molecule has 0 saturated carbocycles. The number of nitrogens with one attached hydrogen (secondary N) is 1. The molecule has 0 fully saturated rings. The number of ether oxygens (including phenoxy) is 1. The standard InChI is InChI=1S/C19H21NO4S/c1-12-13(2)25-18(17(12)19(23)24-3)20-16(22)11-7-10-15(21)14-8-5-4-6-9-14/h4-6,8-9H,7,10-11H2,1-3H3,(H,20,22). The molecule has 0 aliphatic carbocycles. The van der Waals surface area contributed by atoms with Gasteiger partial charge < -0.3 is 10.1 Å². The van der Waals surface area contributed by atoms with Crippen LogP contribution in [-0.2, 0) is 9.53 Å². The van der Waals surface area contributed by atoms with Gasteiger partial charge in [-0.15, -0.1) is 11.3 Å². The number of aryl methyl sites for hydroxylation is 1. The summed E-state index contributed by atoms with van der Waals surface area (Å²) >= 11 is 1.35. The van der Waals surface area contributed by atoms with Crippen molar-refractivity contribution in [1.29, 1.82) is 0 Å². The monoisotopic (exact) mass is 359 g/mol. The average Bonchev–Trinajstić information content (AvgIpc) is 2.88. The van der Waals surface area contributed by atoms with Crippen molar-refractivity contribution in [2.45, 2.75) is 33.1 Å². The molecule has 0 spiro atoms. The van der Waals surface area contributed by atoms with Crippen LogP contribution < -0.4 is 5.32 Å². The Morgan fingerprint density at radius 1 is 1.08 bits per heavy atom. The normalized spacial score (nSPS) is 10.4. The van der Waals surface area contributed by atoms with Crippen LogP contribution in [0.2, 0.25) is 0 Å². The molecule has 1 aromatic carbocycles. The predicted octanol–water partition coefficient (Wildman–Crippen LogP) is 4.14. The number of benzene rings is 1. The van der Waals surface area contributed by atoms with Gasteiger partial charge in [0.2, 0.25) is 5.91 Å². The molecule has 0 unspecified atom stereocenters. The number of amides is 1. The zero-order valence-corrected chi connectivity index (χ0v) is 15.4. The fourth-order valence-corrected chi connectivity index (χ4v) is 3.49. The second-order valence-electron chi connectivity index (χ2n) is 5.67. The van der Waals surface area contributed by atoms with Crippen LogP contribution in [0.25, 0.3) is 0 Å². The van der Waals surface area contributed by atoms with Gasteiger partial charge in [-0.1, -0.05) is 30.3 Å². The number of carbonyl (C=O) groups excluding carboxylic acids is 3. The van der Waals surface area contributed by atoms with Crippen LogP contribution in [0.4, 0.5) is 5.00 Å². The Morgan fingerprint density at radius 3 is 2.40 bits per heavy atom. The molecule has 0 radical (unpaired) electrons. The van der Waals surface area contributed by atoms with E-state index in [1.54, 1.807) is 12.1 Å². The number of Topliss-reactive ketones (excluding diaryl/α,β-unsaturated/α-hetero) is 1. The molecule has 0 aliphatic rings. The lowest BCUT2D eigenvalue weighted by Crippen LogP contribution is -2.14. The van der Waals surface area contributed by atoms with Crippen LogP contribution in [0.1, 0.15) is 50.4 Å². The molecular formula is C19H21NO4S. The van der Waals surface area contributed by atoms with Crippen molar-refractivity contribution < 1.29 is 19.1 Å². The summed E-state index contributed by atoms with van der Waals surface area (Å²) in [6, 6.07) is 9.02. The lowest BCUT2D eigenvalue weighted by molar-refractivity contribution is -0.116. The molecule has 25 heavy (non-hydrogen) atoms. The van der Waals surface area contributed by atoms with Crippen molar-refractivity contribution in [3.63, 3.8) is 0 Å². The van der Waals surface area contributed by atoms with Gasteiger partial charge in [0.25, 0.3) is 0 Å². The molecule has 1 amide bonds. The van der Waals surface area contributed by atoms with Crippen molar-refractivity contribution in [3.8, 4) is 0 Å². The number of rotatable bonds is 7. The smallest absolute Gasteiger partial charge is 0.341 e. The molecule has 6 heteroatoms. The van der Waals surface area contributed by atoms with E-state index in [4.69, 9.17) is 4.74 Å². The second-order valence-corrected chi connectivity index (χ2v) is 6.89. The summed E-state index contributed by atoms with van der Waals surface area (Å²) < 4.78 is 4.79. The third-order valence-electron chi connectivity index (χ3n) is 3.93. The number of anilines is 1. The number of hydrogen-bond donors (Lipinski definition) is 1. The first-order chi connectivity index (χ1) is 11.9. The van der Waals surface area contributed by atoms with Gasteiger partial charge in [0.1, 0.15) is 5.00 Å². The number of thiophene rings is 1. The maximum Gasteiger partial charge on any atom is 0.341 e. The molecule has 132 valence electrons. The molecule has 2 rings (SSSR count). The van der Waals surface area contributed by atoms with Gasteiger partial charge in [-0.05, 0) is 25.8 Å². The lowest BCUT2D eigenvalue weighted by Gasteiger charge is -2.06. The fourth-order valence-electron chi connectivity index (χ4n) is 2.43. The third-order valence-corrected chi connectivity index (χ3v) is 5.05. The molecule has 0 atom stereocenters. The number of ketones is 1. The molecule has 0 bridgehead atoms. The van der Waals surface area contributed by atoms with Gasteiger partial charge in [0, 0.05) is 23.3 Å². The minimum atomic E-state index is -0.462.